The van der Waals surface area contributed by atoms with Crippen molar-refractivity contribution < 1.29 is 9.90 Å². The Morgan fingerprint density at radius 2 is 1.93 bits per heavy atom. The van der Waals surface area contributed by atoms with Gasteiger partial charge in [0.2, 0.25) is 0 Å². The van der Waals surface area contributed by atoms with Crippen LogP contribution >= 0.6 is 11.3 Å². The summed E-state index contributed by atoms with van der Waals surface area (Å²) in [5.41, 5.74) is 6.58. The Labute approximate surface area is 172 Å². The van der Waals surface area contributed by atoms with Crippen molar-refractivity contribution in [1.29, 1.82) is 0 Å². The van der Waals surface area contributed by atoms with Crippen molar-refractivity contribution >= 4 is 45.4 Å². The van der Waals surface area contributed by atoms with E-state index in [2.05, 4.69) is 65.0 Å². The molecule has 0 atom stereocenters. The number of aromatic nitrogens is 2. The van der Waals surface area contributed by atoms with Gasteiger partial charge in [-0.2, -0.15) is 5.10 Å². The number of carboxylic acid groups (broad SMARTS) is 1. The zero-order valence-electron chi connectivity index (χ0n) is 15.9. The van der Waals surface area contributed by atoms with Crippen LogP contribution in [0.25, 0.3) is 28.1 Å². The molecule has 4 rings (SSSR count). The fourth-order valence-corrected chi connectivity index (χ4v) is 4.32. The molecule has 0 aliphatic heterocycles. The molecule has 0 aliphatic rings. The number of carboxylic acids is 1. The molecule has 2 aromatic carbocycles. The van der Waals surface area contributed by atoms with Crippen molar-refractivity contribution in [3.8, 4) is 0 Å². The number of aliphatic carboxylic acids is 1. The second-order valence-corrected chi connectivity index (χ2v) is 7.60. The van der Waals surface area contributed by atoms with Gasteiger partial charge in [0, 0.05) is 16.3 Å². The number of aromatic amines is 1. The van der Waals surface area contributed by atoms with E-state index in [1.165, 1.54) is 16.0 Å². The zero-order chi connectivity index (χ0) is 20.2. The molecule has 2 aromatic heterocycles. The third-order valence-corrected chi connectivity index (χ3v) is 5.75. The van der Waals surface area contributed by atoms with Crippen molar-refractivity contribution in [1.82, 2.24) is 10.2 Å². The Morgan fingerprint density at radius 1 is 1.14 bits per heavy atom. The van der Waals surface area contributed by atoms with Gasteiger partial charge in [0.15, 0.2) is 0 Å². The predicted octanol–water partition coefficient (Wildman–Crippen LogP) is 6.09. The first kappa shape index (κ1) is 18.9. The van der Waals surface area contributed by atoms with Crippen LogP contribution in [0.1, 0.15) is 34.9 Å². The molecule has 2 heterocycles. The highest BCUT2D eigenvalue weighted by atomic mass is 32.1. The summed E-state index contributed by atoms with van der Waals surface area (Å²) >= 11 is 1.74. The average molecular weight is 401 g/mol. The summed E-state index contributed by atoms with van der Waals surface area (Å²) in [6, 6.07) is 18.6. The minimum atomic E-state index is -0.950. The number of benzene rings is 2. The lowest BCUT2D eigenvalue weighted by molar-refractivity contribution is -0.131. The Hall–Kier alpha value is -3.44. The maximum absolute atomic E-state index is 10.8. The van der Waals surface area contributed by atoms with Crippen LogP contribution in [-0.4, -0.2) is 21.3 Å². The van der Waals surface area contributed by atoms with E-state index < -0.39 is 5.97 Å². The molecular formula is C24H20N2O2S. The van der Waals surface area contributed by atoms with Gasteiger partial charge in [-0.05, 0) is 63.9 Å². The van der Waals surface area contributed by atoms with E-state index in [1.807, 2.05) is 18.3 Å². The molecule has 0 radical (unpaired) electrons. The van der Waals surface area contributed by atoms with Crippen LogP contribution in [-0.2, 0) is 4.79 Å². The lowest BCUT2D eigenvalue weighted by Crippen LogP contribution is -1.94. The second-order valence-electron chi connectivity index (χ2n) is 6.65. The van der Waals surface area contributed by atoms with Crippen molar-refractivity contribution in [3.05, 3.63) is 93.8 Å². The number of carbonyl (C=O) groups is 1. The van der Waals surface area contributed by atoms with Gasteiger partial charge >= 0.3 is 5.97 Å². The van der Waals surface area contributed by atoms with Gasteiger partial charge in [-0.25, -0.2) is 4.79 Å². The van der Waals surface area contributed by atoms with Crippen molar-refractivity contribution in [2.75, 3.05) is 0 Å². The summed E-state index contributed by atoms with van der Waals surface area (Å²) in [5, 5.41) is 19.2. The van der Waals surface area contributed by atoms with Crippen LogP contribution in [0.5, 0.6) is 0 Å². The minimum Gasteiger partial charge on any atom is -0.478 e. The molecular weight excluding hydrogens is 380 g/mol. The monoisotopic (exact) mass is 400 g/mol. The highest BCUT2D eigenvalue weighted by Gasteiger charge is 2.14. The van der Waals surface area contributed by atoms with E-state index in [9.17, 15) is 4.79 Å². The summed E-state index contributed by atoms with van der Waals surface area (Å²) in [6.45, 7) is 2.18. The van der Waals surface area contributed by atoms with Crippen LogP contribution < -0.4 is 0 Å². The van der Waals surface area contributed by atoms with Crippen LogP contribution in [0.2, 0.25) is 0 Å². The lowest BCUT2D eigenvalue weighted by atomic mass is 9.90. The molecule has 0 saturated carbocycles. The SMILES string of the molecule is CC/C(=C(/c1ccc(/C=C/C(=O)O)cc1)c1ccc2[nH]ncc2c1)c1cccs1. The number of hydrogen-bond acceptors (Lipinski definition) is 3. The van der Waals surface area contributed by atoms with Crippen molar-refractivity contribution in [2.24, 2.45) is 0 Å². The molecule has 0 amide bonds. The van der Waals surface area contributed by atoms with E-state index in [0.29, 0.717) is 0 Å². The highest BCUT2D eigenvalue weighted by molar-refractivity contribution is 7.11. The third kappa shape index (κ3) is 4.05. The number of rotatable bonds is 6. The largest absolute Gasteiger partial charge is 0.478 e. The molecule has 0 bridgehead atoms. The Morgan fingerprint density at radius 3 is 2.62 bits per heavy atom. The number of H-pyrrole nitrogens is 1. The summed E-state index contributed by atoms with van der Waals surface area (Å²) in [5.74, 6) is -0.950. The molecule has 0 spiro atoms. The normalized spacial score (nSPS) is 12.4. The summed E-state index contributed by atoms with van der Waals surface area (Å²) in [6.07, 6.45) is 5.50. The zero-order valence-corrected chi connectivity index (χ0v) is 16.7. The Bertz CT molecular complexity index is 1200. The number of thiophene rings is 1. The number of nitrogens with zero attached hydrogens (tertiary/aromatic N) is 1. The molecule has 0 saturated heterocycles. The molecule has 0 aliphatic carbocycles. The fraction of sp³-hybridized carbons (Fsp3) is 0.0833. The van der Waals surface area contributed by atoms with Gasteiger partial charge in [-0.3, -0.25) is 5.10 Å². The molecule has 0 fully saturated rings. The molecule has 2 N–H and O–H groups in total. The van der Waals surface area contributed by atoms with Gasteiger partial charge in [-0.15, -0.1) is 11.3 Å². The molecule has 5 heteroatoms. The van der Waals surface area contributed by atoms with Gasteiger partial charge in [0.1, 0.15) is 0 Å². The quantitative estimate of drug-likeness (QED) is 0.385. The Kier molecular flexibility index (Phi) is 5.40. The van der Waals surface area contributed by atoms with Crippen LogP contribution in [0.4, 0.5) is 0 Å². The fourth-order valence-electron chi connectivity index (χ4n) is 3.47. The number of fused-ring (bicyclic) bond motifs is 1. The van der Waals surface area contributed by atoms with E-state index in [0.717, 1.165) is 40.1 Å². The topological polar surface area (TPSA) is 66.0 Å². The van der Waals surface area contributed by atoms with E-state index >= 15 is 0 Å². The smallest absolute Gasteiger partial charge is 0.328 e. The maximum atomic E-state index is 10.8. The molecule has 4 nitrogen and oxygen atoms in total. The van der Waals surface area contributed by atoms with E-state index in [4.69, 9.17) is 5.11 Å². The summed E-state index contributed by atoms with van der Waals surface area (Å²) in [7, 11) is 0. The second kappa shape index (κ2) is 8.29. The minimum absolute atomic E-state index is 0.856. The van der Waals surface area contributed by atoms with Gasteiger partial charge in [0.05, 0.1) is 11.7 Å². The third-order valence-electron chi connectivity index (χ3n) is 4.82. The van der Waals surface area contributed by atoms with Gasteiger partial charge < -0.3 is 5.11 Å². The Balaban J connectivity index is 1.87. The first-order valence-corrected chi connectivity index (χ1v) is 10.3. The maximum Gasteiger partial charge on any atom is 0.328 e. The average Bonchev–Trinajstić information content (AvgIpc) is 3.42. The first-order chi connectivity index (χ1) is 14.2. The van der Waals surface area contributed by atoms with Crippen molar-refractivity contribution in [3.63, 3.8) is 0 Å². The standard InChI is InChI=1S/C24H20N2O2S/c1-2-20(22-4-3-13-29-22)24(18-10-11-21-19(14-18)15-25-26-21)17-8-5-16(6-9-17)7-12-23(27)28/h3-15H,2H2,1H3,(H,25,26)(H,27,28)/b12-7+,24-20+. The number of hydrogen-bond donors (Lipinski definition) is 2. The molecule has 0 unspecified atom stereocenters. The van der Waals surface area contributed by atoms with Gasteiger partial charge in [-0.1, -0.05) is 43.3 Å². The van der Waals surface area contributed by atoms with Crippen LogP contribution in [0, 0.1) is 0 Å². The van der Waals surface area contributed by atoms with Crippen LogP contribution in [0.3, 0.4) is 0 Å². The molecule has 29 heavy (non-hydrogen) atoms. The lowest BCUT2D eigenvalue weighted by Gasteiger charge is -2.15. The first-order valence-electron chi connectivity index (χ1n) is 9.37. The number of nitrogens with one attached hydrogen (secondary N) is 1. The summed E-state index contributed by atoms with van der Waals surface area (Å²) in [4.78, 5) is 12.0. The molecule has 4 aromatic rings. The summed E-state index contributed by atoms with van der Waals surface area (Å²) < 4.78 is 0. The highest BCUT2D eigenvalue weighted by Crippen LogP contribution is 2.37. The predicted molar refractivity (Wildman–Crippen MR) is 120 cm³/mol. The van der Waals surface area contributed by atoms with Crippen molar-refractivity contribution in [2.45, 2.75) is 13.3 Å². The van der Waals surface area contributed by atoms with E-state index in [1.54, 1.807) is 17.4 Å². The van der Waals surface area contributed by atoms with Crippen LogP contribution in [0.15, 0.2) is 72.3 Å². The number of allylic oxidation sites excluding steroid dienone is 1. The van der Waals surface area contributed by atoms with Gasteiger partial charge in [0.25, 0.3) is 0 Å². The van der Waals surface area contributed by atoms with E-state index in [-0.39, 0.29) is 0 Å². The molecule has 144 valence electrons.